The zero-order valence-electron chi connectivity index (χ0n) is 17.1. The standard InChI is InChI=1S/C25H21Cl2NO4/c26-18-4-3-5-19(14-18)32-15-16-8-10-17(11-9-16)24(29)28-22(12-13-23(28)25(30)31)20-6-1-2-7-21(20)27/h1-11,14,22-23H,12-13,15H2,(H,30,31). The van der Waals surface area contributed by atoms with Crippen LogP contribution in [0.3, 0.4) is 0 Å². The number of hydrogen-bond acceptors (Lipinski definition) is 3. The topological polar surface area (TPSA) is 66.8 Å². The quantitative estimate of drug-likeness (QED) is 0.480. The molecule has 32 heavy (non-hydrogen) atoms. The van der Waals surface area contributed by atoms with Crippen LogP contribution in [-0.2, 0) is 11.4 Å². The Morgan fingerprint density at radius 1 is 0.969 bits per heavy atom. The molecule has 3 aromatic carbocycles. The van der Waals surface area contributed by atoms with Gasteiger partial charge in [-0.2, -0.15) is 0 Å². The summed E-state index contributed by atoms with van der Waals surface area (Å²) in [6.45, 7) is 0.318. The molecule has 0 saturated carbocycles. The molecule has 0 aromatic heterocycles. The van der Waals surface area contributed by atoms with E-state index in [1.807, 2.05) is 30.3 Å². The van der Waals surface area contributed by atoms with Gasteiger partial charge in [0.05, 0.1) is 6.04 Å². The van der Waals surface area contributed by atoms with Crippen LogP contribution in [-0.4, -0.2) is 27.9 Å². The van der Waals surface area contributed by atoms with E-state index in [9.17, 15) is 14.7 Å². The second-order valence-electron chi connectivity index (χ2n) is 7.62. The van der Waals surface area contributed by atoms with Crippen LogP contribution in [0.15, 0.2) is 72.8 Å². The van der Waals surface area contributed by atoms with Gasteiger partial charge in [-0.25, -0.2) is 4.79 Å². The van der Waals surface area contributed by atoms with Gasteiger partial charge >= 0.3 is 5.97 Å². The minimum absolute atomic E-state index is 0.318. The lowest BCUT2D eigenvalue weighted by molar-refractivity contribution is -0.141. The molecule has 0 spiro atoms. The fourth-order valence-corrected chi connectivity index (χ4v) is 4.45. The molecule has 1 aliphatic rings. The van der Waals surface area contributed by atoms with Crippen molar-refractivity contribution in [1.82, 2.24) is 4.90 Å². The molecule has 1 N–H and O–H groups in total. The van der Waals surface area contributed by atoms with Crippen molar-refractivity contribution in [2.45, 2.75) is 31.5 Å². The summed E-state index contributed by atoms with van der Waals surface area (Å²) in [5, 5.41) is 10.8. The van der Waals surface area contributed by atoms with Crippen LogP contribution in [0.25, 0.3) is 0 Å². The van der Waals surface area contributed by atoms with E-state index in [-0.39, 0.29) is 11.9 Å². The average molecular weight is 470 g/mol. The van der Waals surface area contributed by atoms with Crippen molar-refractivity contribution in [3.63, 3.8) is 0 Å². The van der Waals surface area contributed by atoms with E-state index >= 15 is 0 Å². The average Bonchev–Trinajstić information content (AvgIpc) is 3.23. The zero-order valence-corrected chi connectivity index (χ0v) is 18.6. The van der Waals surface area contributed by atoms with Crippen molar-refractivity contribution in [3.8, 4) is 5.75 Å². The SMILES string of the molecule is O=C(O)C1CCC(c2ccccc2Cl)N1C(=O)c1ccc(COc2cccc(Cl)c2)cc1. The number of nitrogens with zero attached hydrogens (tertiary/aromatic N) is 1. The van der Waals surface area contributed by atoms with E-state index in [2.05, 4.69) is 0 Å². The second-order valence-corrected chi connectivity index (χ2v) is 8.47. The molecule has 0 aliphatic carbocycles. The van der Waals surface area contributed by atoms with Gasteiger partial charge in [-0.1, -0.05) is 59.6 Å². The van der Waals surface area contributed by atoms with Crippen molar-refractivity contribution in [2.75, 3.05) is 0 Å². The van der Waals surface area contributed by atoms with Gasteiger partial charge in [0, 0.05) is 15.6 Å². The summed E-state index contributed by atoms with van der Waals surface area (Å²) in [6.07, 6.45) is 0.917. The van der Waals surface area contributed by atoms with Gasteiger partial charge in [0.1, 0.15) is 18.4 Å². The number of carboxylic acid groups (broad SMARTS) is 1. The van der Waals surface area contributed by atoms with E-state index in [0.717, 1.165) is 11.1 Å². The molecule has 1 fully saturated rings. The first-order valence-corrected chi connectivity index (χ1v) is 11.0. The van der Waals surface area contributed by atoms with E-state index in [1.165, 1.54) is 4.90 Å². The van der Waals surface area contributed by atoms with Crippen molar-refractivity contribution in [3.05, 3.63) is 99.5 Å². The molecular weight excluding hydrogens is 449 g/mol. The molecule has 2 atom stereocenters. The monoisotopic (exact) mass is 469 g/mol. The fourth-order valence-electron chi connectivity index (χ4n) is 4.00. The third kappa shape index (κ3) is 4.74. The predicted molar refractivity (Wildman–Crippen MR) is 123 cm³/mol. The summed E-state index contributed by atoms with van der Waals surface area (Å²) < 4.78 is 5.74. The van der Waals surface area contributed by atoms with Gasteiger partial charge in [-0.15, -0.1) is 0 Å². The largest absolute Gasteiger partial charge is 0.489 e. The Bertz CT molecular complexity index is 1130. The highest BCUT2D eigenvalue weighted by molar-refractivity contribution is 6.31. The second kappa shape index (κ2) is 9.63. The molecule has 164 valence electrons. The van der Waals surface area contributed by atoms with Gasteiger partial charge in [0.15, 0.2) is 0 Å². The lowest BCUT2D eigenvalue weighted by atomic mass is 10.0. The summed E-state index contributed by atoms with van der Waals surface area (Å²) in [4.78, 5) is 26.7. The Labute approximate surface area is 196 Å². The Morgan fingerprint density at radius 2 is 1.72 bits per heavy atom. The number of likely N-dealkylation sites (tertiary alicyclic amines) is 1. The van der Waals surface area contributed by atoms with Gasteiger partial charge in [-0.05, 0) is 60.4 Å². The molecular formula is C25H21Cl2NO4. The molecule has 1 amide bonds. The van der Waals surface area contributed by atoms with Crippen molar-refractivity contribution >= 4 is 35.1 Å². The first-order valence-electron chi connectivity index (χ1n) is 10.2. The van der Waals surface area contributed by atoms with E-state index in [1.54, 1.807) is 42.5 Å². The van der Waals surface area contributed by atoms with Crippen molar-refractivity contribution in [1.29, 1.82) is 0 Å². The fraction of sp³-hybridized carbons (Fsp3) is 0.200. The lowest BCUT2D eigenvalue weighted by Gasteiger charge is -2.29. The maximum atomic E-state index is 13.4. The number of hydrogen-bond donors (Lipinski definition) is 1. The Hall–Kier alpha value is -3.02. The van der Waals surface area contributed by atoms with Gasteiger partial charge in [-0.3, -0.25) is 4.79 Å². The Morgan fingerprint density at radius 3 is 2.41 bits per heavy atom. The van der Waals surface area contributed by atoms with Gasteiger partial charge in [0.2, 0.25) is 0 Å². The molecule has 1 aliphatic heterocycles. The van der Waals surface area contributed by atoms with Crippen LogP contribution in [0.4, 0.5) is 0 Å². The maximum absolute atomic E-state index is 13.4. The maximum Gasteiger partial charge on any atom is 0.326 e. The third-order valence-corrected chi connectivity index (χ3v) is 6.15. The summed E-state index contributed by atoms with van der Waals surface area (Å²) >= 11 is 12.3. The highest BCUT2D eigenvalue weighted by Gasteiger charge is 2.42. The number of halogens is 2. The summed E-state index contributed by atoms with van der Waals surface area (Å²) in [6, 6.07) is 20.1. The predicted octanol–water partition coefficient (Wildman–Crippen LogP) is 6.00. The molecule has 7 heteroatoms. The highest BCUT2D eigenvalue weighted by Crippen LogP contribution is 2.40. The number of rotatable bonds is 6. The van der Waals surface area contributed by atoms with E-state index in [4.69, 9.17) is 27.9 Å². The number of carboxylic acids is 1. The molecule has 4 rings (SSSR count). The smallest absolute Gasteiger partial charge is 0.326 e. The van der Waals surface area contributed by atoms with Crippen LogP contribution in [0.1, 0.15) is 40.4 Å². The molecule has 1 heterocycles. The van der Waals surface area contributed by atoms with Crippen molar-refractivity contribution < 1.29 is 19.4 Å². The number of carbonyl (C=O) groups is 2. The highest BCUT2D eigenvalue weighted by atomic mass is 35.5. The molecule has 3 aromatic rings. The zero-order chi connectivity index (χ0) is 22.7. The molecule has 0 bridgehead atoms. The van der Waals surface area contributed by atoms with E-state index in [0.29, 0.717) is 40.8 Å². The normalized spacial score (nSPS) is 17.9. The summed E-state index contributed by atoms with van der Waals surface area (Å²) in [7, 11) is 0. The number of carbonyl (C=O) groups excluding carboxylic acids is 1. The number of ether oxygens (including phenoxy) is 1. The minimum atomic E-state index is -1.01. The Kier molecular flexibility index (Phi) is 6.68. The molecule has 1 saturated heterocycles. The number of benzene rings is 3. The molecule has 0 radical (unpaired) electrons. The number of amides is 1. The summed E-state index contributed by atoms with van der Waals surface area (Å²) in [5.74, 6) is -0.692. The third-order valence-electron chi connectivity index (χ3n) is 5.57. The van der Waals surface area contributed by atoms with Gasteiger partial charge in [0.25, 0.3) is 5.91 Å². The van der Waals surface area contributed by atoms with Crippen LogP contribution >= 0.6 is 23.2 Å². The minimum Gasteiger partial charge on any atom is -0.489 e. The first-order chi connectivity index (χ1) is 15.4. The molecule has 2 unspecified atom stereocenters. The van der Waals surface area contributed by atoms with Gasteiger partial charge < -0.3 is 14.7 Å². The lowest BCUT2D eigenvalue weighted by Crippen LogP contribution is -2.41. The van der Waals surface area contributed by atoms with Crippen LogP contribution in [0.2, 0.25) is 10.0 Å². The van der Waals surface area contributed by atoms with Crippen LogP contribution < -0.4 is 4.74 Å². The van der Waals surface area contributed by atoms with Crippen molar-refractivity contribution in [2.24, 2.45) is 0 Å². The number of aliphatic carboxylic acids is 1. The van der Waals surface area contributed by atoms with Crippen LogP contribution in [0, 0.1) is 0 Å². The van der Waals surface area contributed by atoms with E-state index < -0.39 is 12.0 Å². The Balaban J connectivity index is 1.53. The first kappa shape index (κ1) is 22.2. The molecule has 5 nitrogen and oxygen atoms in total. The van der Waals surface area contributed by atoms with Crippen LogP contribution in [0.5, 0.6) is 5.75 Å². The summed E-state index contributed by atoms with van der Waals surface area (Å²) in [5.41, 5.74) is 2.06.